The minimum absolute atomic E-state index is 0.112. The molecule has 0 amide bonds. The predicted molar refractivity (Wildman–Crippen MR) is 129 cm³/mol. The van der Waals surface area contributed by atoms with Gasteiger partial charge in [-0.15, -0.1) is 0 Å². The molecule has 1 N–H and O–H groups in total. The fourth-order valence-electron chi connectivity index (χ4n) is 4.32. The monoisotopic (exact) mass is 482 g/mol. The zero-order valence-corrected chi connectivity index (χ0v) is 20.1. The molecular formula is C24H26N4O7. The maximum absolute atomic E-state index is 12.9. The van der Waals surface area contributed by atoms with Gasteiger partial charge >= 0.3 is 11.7 Å². The van der Waals surface area contributed by atoms with E-state index in [1.54, 1.807) is 16.6 Å². The van der Waals surface area contributed by atoms with Crippen LogP contribution >= 0.6 is 0 Å². The zero-order valence-electron chi connectivity index (χ0n) is 20.1. The SMILES string of the molecule is COc1cc2c(cc1OC)CN(c1nc3c(cc1[N+](=O)[O-])c(=O)c(C(=O)O)cn3C(C)(C)C)CC2. The fourth-order valence-corrected chi connectivity index (χ4v) is 4.32. The van der Waals surface area contributed by atoms with Crippen molar-refractivity contribution in [2.24, 2.45) is 0 Å². The first-order valence-corrected chi connectivity index (χ1v) is 10.9. The van der Waals surface area contributed by atoms with Crippen molar-refractivity contribution in [3.63, 3.8) is 0 Å². The lowest BCUT2D eigenvalue weighted by Gasteiger charge is -2.31. The highest BCUT2D eigenvalue weighted by atomic mass is 16.6. The van der Waals surface area contributed by atoms with E-state index < -0.39 is 27.4 Å². The summed E-state index contributed by atoms with van der Waals surface area (Å²) in [7, 11) is 3.10. The fraction of sp³-hybridized carbons (Fsp3) is 0.375. The van der Waals surface area contributed by atoms with Gasteiger partial charge in [-0.25, -0.2) is 9.78 Å². The van der Waals surface area contributed by atoms with Gasteiger partial charge in [-0.2, -0.15) is 0 Å². The van der Waals surface area contributed by atoms with E-state index >= 15 is 0 Å². The molecule has 35 heavy (non-hydrogen) atoms. The van der Waals surface area contributed by atoms with Crippen LogP contribution in [0.3, 0.4) is 0 Å². The summed E-state index contributed by atoms with van der Waals surface area (Å²) < 4.78 is 12.4. The molecule has 11 heteroatoms. The largest absolute Gasteiger partial charge is 0.493 e. The molecule has 0 spiro atoms. The number of fused-ring (bicyclic) bond motifs is 2. The Hall–Kier alpha value is -4.15. The van der Waals surface area contributed by atoms with E-state index in [2.05, 4.69) is 4.98 Å². The molecule has 0 saturated carbocycles. The lowest BCUT2D eigenvalue weighted by molar-refractivity contribution is -0.384. The van der Waals surface area contributed by atoms with Crippen LogP contribution in [0.5, 0.6) is 11.5 Å². The standard InChI is InChI=1S/C24H26N4O7/c1-24(2,3)27-12-16(23(30)31)20(29)15-10-17(28(32)33)22(25-21(15)27)26-7-6-13-8-18(34-4)19(35-5)9-14(13)11-26/h8-10,12H,6-7,11H2,1-5H3,(H,30,31). The number of methoxy groups -OCH3 is 2. The number of ether oxygens (including phenoxy) is 2. The van der Waals surface area contributed by atoms with Gasteiger partial charge in [0.15, 0.2) is 11.5 Å². The number of hydrogen-bond donors (Lipinski definition) is 1. The third kappa shape index (κ3) is 4.13. The van der Waals surface area contributed by atoms with Crippen molar-refractivity contribution >= 4 is 28.5 Å². The van der Waals surface area contributed by atoms with Gasteiger partial charge in [0.2, 0.25) is 11.2 Å². The van der Waals surface area contributed by atoms with Gasteiger partial charge in [0.25, 0.3) is 0 Å². The summed E-state index contributed by atoms with van der Waals surface area (Å²) in [4.78, 5) is 42.4. The molecule has 0 unspecified atom stereocenters. The molecule has 0 saturated heterocycles. The maximum atomic E-state index is 12.9. The highest BCUT2D eigenvalue weighted by molar-refractivity contribution is 5.93. The number of carboxylic acid groups (broad SMARTS) is 1. The lowest BCUT2D eigenvalue weighted by atomic mass is 9.98. The quantitative estimate of drug-likeness (QED) is 0.429. The number of nitrogens with zero attached hydrogens (tertiary/aromatic N) is 4. The van der Waals surface area contributed by atoms with Crippen LogP contribution < -0.4 is 19.8 Å². The van der Waals surface area contributed by atoms with Gasteiger partial charge in [0, 0.05) is 30.9 Å². The van der Waals surface area contributed by atoms with Gasteiger partial charge in [-0.3, -0.25) is 14.9 Å². The molecule has 4 rings (SSSR count). The number of anilines is 1. The van der Waals surface area contributed by atoms with E-state index in [4.69, 9.17) is 9.47 Å². The van der Waals surface area contributed by atoms with Crippen LogP contribution in [0.1, 0.15) is 42.3 Å². The Bertz CT molecular complexity index is 1420. The molecule has 0 fully saturated rings. The number of rotatable bonds is 5. The average Bonchev–Trinajstić information content (AvgIpc) is 2.81. The molecule has 0 radical (unpaired) electrons. The van der Waals surface area contributed by atoms with Crippen LogP contribution in [0.2, 0.25) is 0 Å². The molecule has 11 nitrogen and oxygen atoms in total. The van der Waals surface area contributed by atoms with Crippen molar-refractivity contribution in [3.8, 4) is 11.5 Å². The maximum Gasteiger partial charge on any atom is 0.341 e. The summed E-state index contributed by atoms with van der Waals surface area (Å²) >= 11 is 0. The molecule has 3 heterocycles. The third-order valence-electron chi connectivity index (χ3n) is 6.11. The second-order valence-corrected chi connectivity index (χ2v) is 9.32. The van der Waals surface area contributed by atoms with Gasteiger partial charge in [-0.05, 0) is 50.5 Å². The zero-order chi connectivity index (χ0) is 25.7. The number of benzene rings is 1. The molecule has 0 bridgehead atoms. The Morgan fingerprint density at radius 3 is 2.31 bits per heavy atom. The van der Waals surface area contributed by atoms with Crippen molar-refractivity contribution in [2.75, 3.05) is 25.7 Å². The molecule has 1 aliphatic rings. The summed E-state index contributed by atoms with van der Waals surface area (Å²) in [5.41, 5.74) is -0.137. The number of hydrogen-bond acceptors (Lipinski definition) is 8. The Labute approximate surface area is 200 Å². The number of nitro groups is 1. The molecule has 2 aromatic heterocycles. The van der Waals surface area contributed by atoms with E-state index in [0.29, 0.717) is 31.0 Å². The summed E-state index contributed by atoms with van der Waals surface area (Å²) in [6.45, 7) is 6.29. The van der Waals surface area contributed by atoms with Crippen molar-refractivity contribution < 1.29 is 24.3 Å². The minimum Gasteiger partial charge on any atom is -0.493 e. The number of carboxylic acids is 1. The molecule has 184 valence electrons. The third-order valence-corrected chi connectivity index (χ3v) is 6.11. The van der Waals surface area contributed by atoms with Crippen LogP contribution in [0.4, 0.5) is 11.5 Å². The van der Waals surface area contributed by atoms with Crippen molar-refractivity contribution in [3.05, 3.63) is 61.4 Å². The summed E-state index contributed by atoms with van der Waals surface area (Å²) in [6.07, 6.45) is 1.84. The van der Waals surface area contributed by atoms with E-state index in [1.807, 2.05) is 32.9 Å². The number of aromatic nitrogens is 2. The first-order chi connectivity index (χ1) is 16.5. The Morgan fingerprint density at radius 2 is 1.77 bits per heavy atom. The van der Waals surface area contributed by atoms with Crippen LogP contribution in [-0.2, 0) is 18.5 Å². The summed E-state index contributed by atoms with van der Waals surface area (Å²) in [5.74, 6) is -0.128. The Morgan fingerprint density at radius 1 is 1.14 bits per heavy atom. The Balaban J connectivity index is 1.94. The smallest absolute Gasteiger partial charge is 0.341 e. The van der Waals surface area contributed by atoms with Crippen LogP contribution in [0.15, 0.2) is 29.2 Å². The first-order valence-electron chi connectivity index (χ1n) is 10.9. The molecule has 0 aliphatic carbocycles. The summed E-state index contributed by atoms with van der Waals surface area (Å²) in [5, 5.41) is 21.4. The number of pyridine rings is 2. The van der Waals surface area contributed by atoms with E-state index in [1.165, 1.54) is 13.3 Å². The van der Waals surface area contributed by atoms with Crippen LogP contribution in [0, 0.1) is 10.1 Å². The molecular weight excluding hydrogens is 456 g/mol. The van der Waals surface area contributed by atoms with Crippen molar-refractivity contribution in [2.45, 2.75) is 39.3 Å². The van der Waals surface area contributed by atoms with Gasteiger partial charge in [0.05, 0.1) is 24.5 Å². The highest BCUT2D eigenvalue weighted by Gasteiger charge is 2.30. The first kappa shape index (κ1) is 24.0. The van der Waals surface area contributed by atoms with Gasteiger partial charge < -0.3 is 24.0 Å². The lowest BCUT2D eigenvalue weighted by Crippen LogP contribution is -2.33. The summed E-state index contributed by atoms with van der Waals surface area (Å²) in [6, 6.07) is 4.88. The van der Waals surface area contributed by atoms with Crippen molar-refractivity contribution in [1.82, 2.24) is 9.55 Å². The van der Waals surface area contributed by atoms with E-state index in [-0.39, 0.29) is 22.5 Å². The molecule has 1 aliphatic heterocycles. The number of aromatic carboxylic acids is 1. The predicted octanol–water partition coefficient (Wildman–Crippen LogP) is 3.34. The van der Waals surface area contributed by atoms with E-state index in [0.717, 1.165) is 17.2 Å². The molecule has 1 aromatic carbocycles. The molecule has 3 aromatic rings. The highest BCUT2D eigenvalue weighted by Crippen LogP contribution is 2.37. The van der Waals surface area contributed by atoms with E-state index in [9.17, 15) is 24.8 Å². The number of carbonyl (C=O) groups is 1. The van der Waals surface area contributed by atoms with Crippen LogP contribution in [0.25, 0.3) is 11.0 Å². The van der Waals surface area contributed by atoms with Gasteiger partial charge in [-0.1, -0.05) is 0 Å². The average molecular weight is 482 g/mol. The normalized spacial score (nSPS) is 13.5. The second kappa shape index (κ2) is 8.57. The van der Waals surface area contributed by atoms with Gasteiger partial charge in [0.1, 0.15) is 11.2 Å². The second-order valence-electron chi connectivity index (χ2n) is 9.32. The minimum atomic E-state index is -1.40. The van der Waals surface area contributed by atoms with Crippen molar-refractivity contribution in [1.29, 1.82) is 0 Å². The Kier molecular flexibility index (Phi) is 5.87. The van der Waals surface area contributed by atoms with Crippen LogP contribution in [-0.4, -0.2) is 46.3 Å². The molecule has 0 atom stereocenters. The topological polar surface area (TPSA) is 137 Å².